The first-order chi connectivity index (χ1) is 15.7. The van der Waals surface area contributed by atoms with Crippen LogP contribution < -0.4 is 10.6 Å². The summed E-state index contributed by atoms with van der Waals surface area (Å²) in [6.45, 7) is 2.67. The normalized spacial score (nSPS) is 15.3. The fraction of sp³-hybridized carbons (Fsp3) is 0.280. The zero-order valence-corrected chi connectivity index (χ0v) is 18.8. The van der Waals surface area contributed by atoms with Gasteiger partial charge in [-0.25, -0.2) is 19.7 Å². The second-order valence-electron chi connectivity index (χ2n) is 8.11. The van der Waals surface area contributed by atoms with Gasteiger partial charge in [0.1, 0.15) is 10.8 Å². The van der Waals surface area contributed by atoms with E-state index in [0.29, 0.717) is 18.3 Å². The number of nitrogens with zero attached hydrogens (tertiary/aromatic N) is 3. The fourth-order valence-corrected chi connectivity index (χ4v) is 5.40. The van der Waals surface area contributed by atoms with E-state index in [1.54, 1.807) is 11.3 Å². The summed E-state index contributed by atoms with van der Waals surface area (Å²) in [6, 6.07) is 18.4. The third-order valence-electron chi connectivity index (χ3n) is 5.90. The summed E-state index contributed by atoms with van der Waals surface area (Å²) in [5.41, 5.74) is 4.39. The van der Waals surface area contributed by atoms with E-state index in [9.17, 15) is 4.79 Å². The van der Waals surface area contributed by atoms with Crippen LogP contribution in [0.25, 0.3) is 10.9 Å². The largest absolute Gasteiger partial charge is 0.332 e. The molecule has 1 aliphatic rings. The van der Waals surface area contributed by atoms with Gasteiger partial charge in [0.25, 0.3) is 0 Å². The van der Waals surface area contributed by atoms with Gasteiger partial charge in [-0.3, -0.25) is 0 Å². The Bertz CT molecular complexity index is 1250. The van der Waals surface area contributed by atoms with E-state index in [1.165, 1.54) is 16.1 Å². The molecule has 2 N–H and O–H groups in total. The van der Waals surface area contributed by atoms with Gasteiger partial charge in [-0.15, -0.1) is 11.3 Å². The summed E-state index contributed by atoms with van der Waals surface area (Å²) >= 11 is 1.72. The molecule has 0 saturated carbocycles. The molecule has 5 rings (SSSR count). The van der Waals surface area contributed by atoms with Gasteiger partial charge in [0.05, 0.1) is 24.3 Å². The minimum atomic E-state index is -0.241. The molecule has 162 valence electrons. The van der Waals surface area contributed by atoms with Crippen LogP contribution in [0.2, 0.25) is 0 Å². The number of carbonyl (C=O) groups excluding carboxylic acids is 1. The van der Waals surface area contributed by atoms with Crippen molar-refractivity contribution in [1.82, 2.24) is 25.6 Å². The first-order valence-corrected chi connectivity index (χ1v) is 11.7. The van der Waals surface area contributed by atoms with Crippen LogP contribution in [0.15, 0.2) is 54.6 Å². The van der Waals surface area contributed by atoms with Gasteiger partial charge >= 0.3 is 6.03 Å². The van der Waals surface area contributed by atoms with Crippen molar-refractivity contribution in [2.24, 2.45) is 0 Å². The van der Waals surface area contributed by atoms with Gasteiger partial charge in [-0.1, -0.05) is 48.5 Å². The molecular formula is C25H25N5OS. The number of aromatic nitrogens is 3. The molecule has 0 fully saturated rings. The Kier molecular flexibility index (Phi) is 5.81. The molecule has 2 aromatic carbocycles. The molecule has 1 atom stereocenters. The van der Waals surface area contributed by atoms with E-state index >= 15 is 0 Å². The highest BCUT2D eigenvalue weighted by Crippen LogP contribution is 2.35. The van der Waals surface area contributed by atoms with Crippen LogP contribution in [0.1, 0.15) is 45.0 Å². The summed E-state index contributed by atoms with van der Waals surface area (Å²) < 4.78 is 0. The minimum absolute atomic E-state index is 0.241. The number of urea groups is 1. The van der Waals surface area contributed by atoms with Crippen molar-refractivity contribution in [3.63, 3.8) is 0 Å². The summed E-state index contributed by atoms with van der Waals surface area (Å²) in [5.74, 6) is 1.16. The lowest BCUT2D eigenvalue weighted by atomic mass is 9.85. The number of amides is 2. The lowest BCUT2D eigenvalue weighted by Crippen LogP contribution is -2.35. The van der Waals surface area contributed by atoms with Crippen molar-refractivity contribution < 1.29 is 4.79 Å². The predicted octanol–water partition coefficient (Wildman–Crippen LogP) is 4.67. The average molecular weight is 444 g/mol. The molecule has 0 radical (unpaired) electrons. The Labute approximate surface area is 191 Å². The van der Waals surface area contributed by atoms with Crippen LogP contribution >= 0.6 is 11.3 Å². The van der Waals surface area contributed by atoms with Gasteiger partial charge < -0.3 is 10.6 Å². The van der Waals surface area contributed by atoms with Crippen LogP contribution in [-0.4, -0.2) is 21.0 Å². The Morgan fingerprint density at radius 2 is 1.78 bits per heavy atom. The molecule has 2 amide bonds. The molecule has 0 saturated heterocycles. The van der Waals surface area contributed by atoms with Gasteiger partial charge in [-0.05, 0) is 43.7 Å². The number of para-hydroxylation sites is 1. The van der Waals surface area contributed by atoms with Gasteiger partial charge in [0, 0.05) is 16.0 Å². The maximum Gasteiger partial charge on any atom is 0.315 e. The molecule has 2 aromatic heterocycles. The topological polar surface area (TPSA) is 79.8 Å². The Hall–Kier alpha value is -3.32. The lowest BCUT2D eigenvalue weighted by Gasteiger charge is -2.21. The Morgan fingerprint density at radius 1 is 1.00 bits per heavy atom. The van der Waals surface area contributed by atoms with E-state index in [1.807, 2.05) is 31.2 Å². The van der Waals surface area contributed by atoms with E-state index in [2.05, 4.69) is 50.9 Å². The van der Waals surface area contributed by atoms with Crippen molar-refractivity contribution in [3.05, 3.63) is 87.3 Å². The molecule has 0 spiro atoms. The van der Waals surface area contributed by atoms with Crippen LogP contribution in [0, 0.1) is 6.92 Å². The first kappa shape index (κ1) is 20.6. The molecule has 2 heterocycles. The number of hydrogen-bond donors (Lipinski definition) is 2. The van der Waals surface area contributed by atoms with Gasteiger partial charge in [0.15, 0.2) is 0 Å². The number of aryl methyl sites for hydroxylation is 2. The first-order valence-electron chi connectivity index (χ1n) is 10.9. The fourth-order valence-electron chi connectivity index (χ4n) is 4.27. The van der Waals surface area contributed by atoms with Crippen LogP contribution in [0.3, 0.4) is 0 Å². The van der Waals surface area contributed by atoms with E-state index in [-0.39, 0.29) is 12.6 Å². The standard InChI is InChI=1S/C25H25N5OS/c1-16-19-9-5-6-10-20(19)29-23(28-16)14-26-25(31)27-15-24-30-21-12-11-18(13-22(21)32-24)17-7-3-2-4-8-17/h2-10,18H,11-15H2,1H3,(H2,26,27,31). The maximum atomic E-state index is 12.3. The number of nitrogens with one attached hydrogen (secondary N) is 2. The summed E-state index contributed by atoms with van der Waals surface area (Å²) in [7, 11) is 0. The zero-order valence-electron chi connectivity index (χ0n) is 18.0. The Morgan fingerprint density at radius 3 is 2.66 bits per heavy atom. The maximum absolute atomic E-state index is 12.3. The number of thiazole rings is 1. The Balaban J connectivity index is 1.16. The monoisotopic (exact) mass is 443 g/mol. The number of hydrogen-bond acceptors (Lipinski definition) is 5. The highest BCUT2D eigenvalue weighted by atomic mass is 32.1. The van der Waals surface area contributed by atoms with Crippen LogP contribution in [0.5, 0.6) is 0 Å². The van der Waals surface area contributed by atoms with Crippen LogP contribution in [-0.2, 0) is 25.9 Å². The summed E-state index contributed by atoms with van der Waals surface area (Å²) in [6.07, 6.45) is 3.15. The third kappa shape index (κ3) is 4.48. The van der Waals surface area contributed by atoms with Gasteiger partial charge in [0.2, 0.25) is 0 Å². The highest BCUT2D eigenvalue weighted by molar-refractivity contribution is 7.11. The van der Waals surface area contributed by atoms with Crippen molar-refractivity contribution >= 4 is 28.3 Å². The lowest BCUT2D eigenvalue weighted by molar-refractivity contribution is 0.240. The molecule has 6 nitrogen and oxygen atoms in total. The zero-order chi connectivity index (χ0) is 21.9. The second kappa shape index (κ2) is 9.04. The second-order valence-corrected chi connectivity index (χ2v) is 9.27. The predicted molar refractivity (Wildman–Crippen MR) is 127 cm³/mol. The molecule has 1 aliphatic carbocycles. The molecule has 0 bridgehead atoms. The average Bonchev–Trinajstić information content (AvgIpc) is 3.24. The summed E-state index contributed by atoms with van der Waals surface area (Å²) in [5, 5.41) is 7.75. The third-order valence-corrected chi connectivity index (χ3v) is 7.02. The van der Waals surface area contributed by atoms with E-state index < -0.39 is 0 Å². The molecular weight excluding hydrogens is 418 g/mol. The molecule has 4 aromatic rings. The van der Waals surface area contributed by atoms with Crippen molar-refractivity contribution in [1.29, 1.82) is 0 Å². The number of rotatable bonds is 5. The van der Waals surface area contributed by atoms with Crippen molar-refractivity contribution in [3.8, 4) is 0 Å². The summed E-state index contributed by atoms with van der Waals surface area (Å²) in [4.78, 5) is 27.5. The minimum Gasteiger partial charge on any atom is -0.332 e. The van der Waals surface area contributed by atoms with Crippen molar-refractivity contribution in [2.75, 3.05) is 0 Å². The molecule has 0 aliphatic heterocycles. The molecule has 1 unspecified atom stereocenters. The van der Waals surface area contributed by atoms with E-state index in [0.717, 1.165) is 40.9 Å². The number of carbonyl (C=O) groups is 1. The van der Waals surface area contributed by atoms with Gasteiger partial charge in [-0.2, -0.15) is 0 Å². The quantitative estimate of drug-likeness (QED) is 0.470. The smallest absolute Gasteiger partial charge is 0.315 e. The highest BCUT2D eigenvalue weighted by Gasteiger charge is 2.23. The SMILES string of the molecule is Cc1nc(CNC(=O)NCc2nc3c(s2)CC(c2ccccc2)CC3)nc2ccccc12. The number of fused-ring (bicyclic) bond motifs is 2. The molecule has 32 heavy (non-hydrogen) atoms. The molecule has 7 heteroatoms. The van der Waals surface area contributed by atoms with Crippen molar-refractivity contribution in [2.45, 2.75) is 45.2 Å². The number of benzene rings is 2. The van der Waals surface area contributed by atoms with E-state index in [4.69, 9.17) is 4.98 Å². The van der Waals surface area contributed by atoms with Crippen LogP contribution in [0.4, 0.5) is 4.79 Å².